The van der Waals surface area contributed by atoms with Crippen molar-refractivity contribution in [2.45, 2.75) is 25.2 Å². The summed E-state index contributed by atoms with van der Waals surface area (Å²) in [5.41, 5.74) is 8.63. The summed E-state index contributed by atoms with van der Waals surface area (Å²) in [7, 11) is 0. The summed E-state index contributed by atoms with van der Waals surface area (Å²) in [6, 6.07) is 11.9. The molecule has 4 nitrogen and oxygen atoms in total. The maximum atomic E-state index is 13.3. The van der Waals surface area contributed by atoms with Crippen molar-refractivity contribution in [3.63, 3.8) is 0 Å². The van der Waals surface area contributed by atoms with E-state index in [0.717, 1.165) is 24.0 Å². The maximum Gasteiger partial charge on any atom is 0.251 e. The zero-order valence-corrected chi connectivity index (χ0v) is 14.3. The second-order valence-corrected chi connectivity index (χ2v) is 6.66. The Hall–Kier alpha value is -2.40. The van der Waals surface area contributed by atoms with Gasteiger partial charge in [0.25, 0.3) is 5.91 Å². The highest BCUT2D eigenvalue weighted by Crippen LogP contribution is 2.34. The molecule has 3 rings (SSSR count). The largest absolute Gasteiger partial charge is 0.399 e. The van der Waals surface area contributed by atoms with Crippen LogP contribution >= 0.6 is 0 Å². The van der Waals surface area contributed by atoms with Crippen LogP contribution in [-0.4, -0.2) is 25.7 Å². The number of halogens is 1. The number of anilines is 1. The van der Waals surface area contributed by atoms with Crippen LogP contribution in [0.25, 0.3) is 0 Å². The average Bonchev–Trinajstić information content (AvgIpc) is 2.63. The standard InChI is InChI=1S/C20H23FN2O2/c1-14-2-7-17(22)12-18(14)19(24)23-13-20(8-10-25-11-9-20)15-3-5-16(21)6-4-15/h2-7,12H,8-11,13,22H2,1H3,(H,23,24). The Morgan fingerprint density at radius 3 is 2.56 bits per heavy atom. The highest BCUT2D eigenvalue weighted by atomic mass is 19.1. The Morgan fingerprint density at radius 1 is 1.20 bits per heavy atom. The number of carbonyl (C=O) groups is 1. The molecule has 1 aliphatic heterocycles. The summed E-state index contributed by atoms with van der Waals surface area (Å²) < 4.78 is 18.8. The molecule has 0 bridgehead atoms. The van der Waals surface area contributed by atoms with Gasteiger partial charge in [-0.2, -0.15) is 0 Å². The van der Waals surface area contributed by atoms with E-state index in [9.17, 15) is 9.18 Å². The molecule has 2 aromatic rings. The van der Waals surface area contributed by atoms with E-state index >= 15 is 0 Å². The van der Waals surface area contributed by atoms with Gasteiger partial charge in [0, 0.05) is 36.4 Å². The monoisotopic (exact) mass is 342 g/mol. The van der Waals surface area contributed by atoms with E-state index in [-0.39, 0.29) is 17.1 Å². The van der Waals surface area contributed by atoms with Crippen molar-refractivity contribution < 1.29 is 13.9 Å². The number of carbonyl (C=O) groups excluding carboxylic acids is 1. The number of amides is 1. The van der Waals surface area contributed by atoms with Crippen molar-refractivity contribution in [2.75, 3.05) is 25.5 Å². The number of hydrogen-bond donors (Lipinski definition) is 2. The predicted molar refractivity (Wildman–Crippen MR) is 96.1 cm³/mol. The first-order valence-electron chi connectivity index (χ1n) is 8.48. The molecule has 5 heteroatoms. The summed E-state index contributed by atoms with van der Waals surface area (Å²) in [6.45, 7) is 3.63. The summed E-state index contributed by atoms with van der Waals surface area (Å²) in [6.07, 6.45) is 1.57. The van der Waals surface area contributed by atoms with Crippen LogP contribution in [0, 0.1) is 12.7 Å². The van der Waals surface area contributed by atoms with E-state index < -0.39 is 0 Å². The minimum Gasteiger partial charge on any atom is -0.399 e. The van der Waals surface area contributed by atoms with Crippen LogP contribution in [0.5, 0.6) is 0 Å². The van der Waals surface area contributed by atoms with Gasteiger partial charge in [-0.05, 0) is 55.2 Å². The fourth-order valence-corrected chi connectivity index (χ4v) is 3.36. The number of hydrogen-bond acceptors (Lipinski definition) is 3. The number of nitrogens with one attached hydrogen (secondary N) is 1. The number of aryl methyl sites for hydroxylation is 1. The van der Waals surface area contributed by atoms with E-state index in [4.69, 9.17) is 10.5 Å². The predicted octanol–water partition coefficient (Wildman–Crippen LogP) is 3.19. The molecule has 1 aliphatic rings. The van der Waals surface area contributed by atoms with Gasteiger partial charge in [0.15, 0.2) is 0 Å². The molecule has 0 radical (unpaired) electrons. The van der Waals surface area contributed by atoms with Crippen molar-refractivity contribution in [1.82, 2.24) is 5.32 Å². The van der Waals surface area contributed by atoms with E-state index in [2.05, 4.69) is 5.32 Å². The molecule has 1 heterocycles. The normalized spacial score (nSPS) is 16.4. The molecule has 0 aromatic heterocycles. The molecule has 2 aromatic carbocycles. The zero-order chi connectivity index (χ0) is 17.9. The first-order chi connectivity index (χ1) is 12.0. The highest BCUT2D eigenvalue weighted by molar-refractivity contribution is 5.96. The minimum atomic E-state index is -0.259. The van der Waals surface area contributed by atoms with Crippen molar-refractivity contribution in [1.29, 1.82) is 0 Å². The number of rotatable bonds is 4. The molecular weight excluding hydrogens is 319 g/mol. The van der Waals surface area contributed by atoms with Crippen molar-refractivity contribution in [3.05, 3.63) is 65.0 Å². The molecule has 3 N–H and O–H groups in total. The lowest BCUT2D eigenvalue weighted by atomic mass is 9.74. The van der Waals surface area contributed by atoms with Gasteiger partial charge in [0.05, 0.1) is 0 Å². The molecule has 1 saturated heterocycles. The van der Waals surface area contributed by atoms with Gasteiger partial charge in [0.2, 0.25) is 0 Å². The Balaban J connectivity index is 1.80. The number of nitrogen functional groups attached to an aromatic ring is 1. The maximum absolute atomic E-state index is 13.3. The Morgan fingerprint density at radius 2 is 1.88 bits per heavy atom. The first-order valence-corrected chi connectivity index (χ1v) is 8.48. The number of nitrogens with two attached hydrogens (primary N) is 1. The Kier molecular flexibility index (Phi) is 5.04. The second kappa shape index (κ2) is 7.23. The summed E-state index contributed by atoms with van der Waals surface area (Å²) in [5, 5.41) is 3.05. The lowest BCUT2D eigenvalue weighted by Crippen LogP contribution is -2.44. The van der Waals surface area contributed by atoms with Crippen LogP contribution in [0.4, 0.5) is 10.1 Å². The van der Waals surface area contributed by atoms with E-state index in [1.807, 2.05) is 13.0 Å². The van der Waals surface area contributed by atoms with Gasteiger partial charge >= 0.3 is 0 Å². The van der Waals surface area contributed by atoms with Crippen LogP contribution in [-0.2, 0) is 10.2 Å². The van der Waals surface area contributed by atoms with Crippen LogP contribution in [0.2, 0.25) is 0 Å². The lowest BCUT2D eigenvalue weighted by molar-refractivity contribution is 0.0487. The molecule has 1 fully saturated rings. The number of ether oxygens (including phenoxy) is 1. The van der Waals surface area contributed by atoms with Crippen molar-refractivity contribution in [2.24, 2.45) is 0 Å². The van der Waals surface area contributed by atoms with Crippen LogP contribution in [0.1, 0.15) is 34.3 Å². The molecule has 0 atom stereocenters. The summed E-state index contributed by atoms with van der Waals surface area (Å²) in [5.74, 6) is -0.400. The van der Waals surface area contributed by atoms with Crippen molar-refractivity contribution >= 4 is 11.6 Å². The molecular formula is C20H23FN2O2. The third-order valence-corrected chi connectivity index (χ3v) is 5.00. The molecule has 0 spiro atoms. The Bertz CT molecular complexity index is 753. The minimum absolute atomic E-state index is 0.141. The van der Waals surface area contributed by atoms with Gasteiger partial charge in [-0.3, -0.25) is 4.79 Å². The Labute approximate surface area is 147 Å². The summed E-state index contributed by atoms with van der Waals surface area (Å²) >= 11 is 0. The van der Waals surface area contributed by atoms with Crippen molar-refractivity contribution in [3.8, 4) is 0 Å². The fourth-order valence-electron chi connectivity index (χ4n) is 3.36. The zero-order valence-electron chi connectivity index (χ0n) is 14.3. The average molecular weight is 342 g/mol. The SMILES string of the molecule is Cc1ccc(N)cc1C(=O)NCC1(c2ccc(F)cc2)CCOCC1. The van der Waals surface area contributed by atoms with E-state index in [1.165, 1.54) is 12.1 Å². The molecule has 0 aliphatic carbocycles. The van der Waals surface area contributed by atoms with Gasteiger partial charge < -0.3 is 15.8 Å². The quantitative estimate of drug-likeness (QED) is 0.839. The topological polar surface area (TPSA) is 64.4 Å². The molecule has 0 unspecified atom stereocenters. The van der Waals surface area contributed by atoms with Crippen LogP contribution < -0.4 is 11.1 Å². The molecule has 1 amide bonds. The number of benzene rings is 2. The lowest BCUT2D eigenvalue weighted by Gasteiger charge is -2.38. The van der Waals surface area contributed by atoms with E-state index in [0.29, 0.717) is 31.0 Å². The van der Waals surface area contributed by atoms with Gasteiger partial charge in [0.1, 0.15) is 5.82 Å². The molecule has 132 valence electrons. The van der Waals surface area contributed by atoms with Crippen LogP contribution in [0.3, 0.4) is 0 Å². The molecule has 25 heavy (non-hydrogen) atoms. The van der Waals surface area contributed by atoms with Crippen LogP contribution in [0.15, 0.2) is 42.5 Å². The smallest absolute Gasteiger partial charge is 0.251 e. The van der Waals surface area contributed by atoms with Gasteiger partial charge in [-0.15, -0.1) is 0 Å². The highest BCUT2D eigenvalue weighted by Gasteiger charge is 2.35. The molecule has 0 saturated carbocycles. The van der Waals surface area contributed by atoms with Gasteiger partial charge in [-0.1, -0.05) is 18.2 Å². The van der Waals surface area contributed by atoms with Gasteiger partial charge in [-0.25, -0.2) is 4.39 Å². The second-order valence-electron chi connectivity index (χ2n) is 6.66. The summed E-state index contributed by atoms with van der Waals surface area (Å²) in [4.78, 5) is 12.6. The fraction of sp³-hybridized carbons (Fsp3) is 0.350. The third-order valence-electron chi connectivity index (χ3n) is 5.00. The van der Waals surface area contributed by atoms with E-state index in [1.54, 1.807) is 24.3 Å². The third kappa shape index (κ3) is 3.82. The first kappa shape index (κ1) is 17.4.